The maximum absolute atomic E-state index is 10.8. The van der Waals surface area contributed by atoms with Crippen LogP contribution in [-0.4, -0.2) is 17.6 Å². The molecule has 0 aromatic heterocycles. The third kappa shape index (κ3) is 2.04. The van der Waals surface area contributed by atoms with Gasteiger partial charge in [0.25, 0.3) is 0 Å². The molecule has 18 heavy (non-hydrogen) atoms. The van der Waals surface area contributed by atoms with Gasteiger partial charge in [0, 0.05) is 17.6 Å². The lowest BCUT2D eigenvalue weighted by atomic mass is 10.1. The lowest BCUT2D eigenvalue weighted by Gasteiger charge is -2.09. The van der Waals surface area contributed by atoms with Crippen molar-refractivity contribution in [1.82, 2.24) is 0 Å². The molecule has 3 heteroatoms. The minimum Gasteiger partial charge on any atom is -0.481 e. The molecule has 1 fully saturated rings. The van der Waals surface area contributed by atoms with Crippen LogP contribution in [-0.2, 0) is 4.79 Å². The maximum atomic E-state index is 10.8. The number of aliphatic carboxylic acids is 1. The topological polar surface area (TPSA) is 49.3 Å². The molecule has 1 saturated carbocycles. The molecule has 92 valence electrons. The highest BCUT2D eigenvalue weighted by atomic mass is 16.4. The Labute approximate surface area is 105 Å². The van der Waals surface area contributed by atoms with Crippen molar-refractivity contribution in [3.05, 3.63) is 42.5 Å². The summed E-state index contributed by atoms with van der Waals surface area (Å²) in [6.07, 6.45) is 0.799. The number of rotatable bonds is 4. The van der Waals surface area contributed by atoms with Crippen LogP contribution in [0.1, 0.15) is 6.42 Å². The molecule has 0 amide bonds. The van der Waals surface area contributed by atoms with Crippen molar-refractivity contribution in [2.75, 3.05) is 11.9 Å². The third-order valence-corrected chi connectivity index (χ3v) is 3.58. The molecule has 2 unspecified atom stereocenters. The molecule has 0 spiro atoms. The summed E-state index contributed by atoms with van der Waals surface area (Å²) in [6.45, 7) is 0.741. The molecule has 0 radical (unpaired) electrons. The Morgan fingerprint density at radius 2 is 2.00 bits per heavy atom. The first-order valence-corrected chi connectivity index (χ1v) is 6.20. The first kappa shape index (κ1) is 11.1. The molecular formula is C15H15NO2. The number of carboxylic acid groups (broad SMARTS) is 1. The summed E-state index contributed by atoms with van der Waals surface area (Å²) in [4.78, 5) is 10.8. The Kier molecular flexibility index (Phi) is 2.67. The third-order valence-electron chi connectivity index (χ3n) is 3.58. The summed E-state index contributed by atoms with van der Waals surface area (Å²) in [5, 5.41) is 14.6. The minimum atomic E-state index is -0.667. The zero-order chi connectivity index (χ0) is 12.5. The van der Waals surface area contributed by atoms with E-state index in [0.717, 1.165) is 18.7 Å². The van der Waals surface area contributed by atoms with E-state index in [0.29, 0.717) is 0 Å². The Hall–Kier alpha value is -2.03. The standard InChI is InChI=1S/C15H15NO2/c17-15(18)13-8-11(13)9-16-14-7-3-5-10-4-1-2-6-12(10)14/h1-7,11,13,16H,8-9H2,(H,17,18). The van der Waals surface area contributed by atoms with E-state index in [4.69, 9.17) is 5.11 Å². The van der Waals surface area contributed by atoms with E-state index in [1.54, 1.807) is 0 Å². The number of nitrogens with one attached hydrogen (secondary N) is 1. The summed E-state index contributed by atoms with van der Waals surface area (Å²) < 4.78 is 0. The Balaban J connectivity index is 1.74. The maximum Gasteiger partial charge on any atom is 0.306 e. The molecule has 0 aliphatic heterocycles. The molecule has 3 nitrogen and oxygen atoms in total. The predicted octanol–water partition coefficient (Wildman–Crippen LogP) is 2.97. The summed E-state index contributed by atoms with van der Waals surface area (Å²) in [5.74, 6) is -0.534. The fourth-order valence-corrected chi connectivity index (χ4v) is 2.40. The SMILES string of the molecule is O=C(O)C1CC1CNc1cccc2ccccc12. The van der Waals surface area contributed by atoms with Gasteiger partial charge in [-0.05, 0) is 23.8 Å². The van der Waals surface area contributed by atoms with Gasteiger partial charge in [0.1, 0.15) is 0 Å². The summed E-state index contributed by atoms with van der Waals surface area (Å²) in [7, 11) is 0. The molecule has 1 aliphatic rings. The number of carboxylic acids is 1. The van der Waals surface area contributed by atoms with Crippen LogP contribution in [0.25, 0.3) is 10.8 Å². The van der Waals surface area contributed by atoms with Gasteiger partial charge in [-0.3, -0.25) is 4.79 Å². The monoisotopic (exact) mass is 241 g/mol. The lowest BCUT2D eigenvalue weighted by Crippen LogP contribution is -2.08. The van der Waals surface area contributed by atoms with Crippen LogP contribution in [0.3, 0.4) is 0 Å². The fraction of sp³-hybridized carbons (Fsp3) is 0.267. The zero-order valence-electron chi connectivity index (χ0n) is 9.97. The normalized spacial score (nSPS) is 21.8. The van der Waals surface area contributed by atoms with Crippen LogP contribution in [0.2, 0.25) is 0 Å². The second kappa shape index (κ2) is 4.33. The quantitative estimate of drug-likeness (QED) is 0.865. The van der Waals surface area contributed by atoms with Crippen LogP contribution in [0.15, 0.2) is 42.5 Å². The van der Waals surface area contributed by atoms with E-state index in [1.807, 2.05) is 24.3 Å². The van der Waals surface area contributed by atoms with Crippen LogP contribution >= 0.6 is 0 Å². The lowest BCUT2D eigenvalue weighted by molar-refractivity contribution is -0.138. The average Bonchev–Trinajstić information content (AvgIpc) is 3.16. The van der Waals surface area contributed by atoms with Gasteiger partial charge in [-0.15, -0.1) is 0 Å². The van der Waals surface area contributed by atoms with Gasteiger partial charge < -0.3 is 10.4 Å². The molecule has 1 aliphatic carbocycles. The zero-order valence-corrected chi connectivity index (χ0v) is 9.97. The molecule has 3 rings (SSSR count). The predicted molar refractivity (Wildman–Crippen MR) is 71.7 cm³/mol. The van der Waals surface area contributed by atoms with E-state index in [1.165, 1.54) is 10.8 Å². The van der Waals surface area contributed by atoms with Crippen molar-refractivity contribution in [2.45, 2.75) is 6.42 Å². The number of benzene rings is 2. The number of anilines is 1. The Morgan fingerprint density at radius 3 is 2.78 bits per heavy atom. The van der Waals surface area contributed by atoms with Crippen LogP contribution in [0.4, 0.5) is 5.69 Å². The van der Waals surface area contributed by atoms with Gasteiger partial charge >= 0.3 is 5.97 Å². The highest BCUT2D eigenvalue weighted by Crippen LogP contribution is 2.38. The average molecular weight is 241 g/mol. The van der Waals surface area contributed by atoms with E-state index in [2.05, 4.69) is 23.5 Å². The number of hydrogen-bond donors (Lipinski definition) is 2. The van der Waals surface area contributed by atoms with Crippen LogP contribution < -0.4 is 5.32 Å². The number of hydrogen-bond acceptors (Lipinski definition) is 2. The molecule has 2 aromatic carbocycles. The first-order chi connectivity index (χ1) is 8.75. The number of fused-ring (bicyclic) bond motifs is 1. The second-order valence-electron chi connectivity index (χ2n) is 4.85. The highest BCUT2D eigenvalue weighted by Gasteiger charge is 2.42. The van der Waals surface area contributed by atoms with Gasteiger partial charge in [0.05, 0.1) is 5.92 Å². The molecule has 2 aromatic rings. The largest absolute Gasteiger partial charge is 0.481 e. The van der Waals surface area contributed by atoms with E-state index < -0.39 is 5.97 Å². The molecule has 0 bridgehead atoms. The van der Waals surface area contributed by atoms with Crippen molar-refractivity contribution in [3.8, 4) is 0 Å². The molecule has 2 N–H and O–H groups in total. The van der Waals surface area contributed by atoms with Crippen LogP contribution in [0, 0.1) is 11.8 Å². The van der Waals surface area contributed by atoms with Crippen molar-refractivity contribution in [3.63, 3.8) is 0 Å². The second-order valence-corrected chi connectivity index (χ2v) is 4.85. The number of carbonyl (C=O) groups is 1. The van der Waals surface area contributed by atoms with E-state index in [-0.39, 0.29) is 11.8 Å². The summed E-state index contributed by atoms with van der Waals surface area (Å²) >= 11 is 0. The minimum absolute atomic E-state index is 0.146. The highest BCUT2D eigenvalue weighted by molar-refractivity contribution is 5.93. The summed E-state index contributed by atoms with van der Waals surface area (Å²) in [6, 6.07) is 14.3. The van der Waals surface area contributed by atoms with Gasteiger partial charge in [0.2, 0.25) is 0 Å². The fourth-order valence-electron chi connectivity index (χ4n) is 2.40. The van der Waals surface area contributed by atoms with Gasteiger partial charge in [-0.25, -0.2) is 0 Å². The van der Waals surface area contributed by atoms with Gasteiger partial charge in [-0.1, -0.05) is 36.4 Å². The Bertz CT molecular complexity index is 589. The van der Waals surface area contributed by atoms with Crippen LogP contribution in [0.5, 0.6) is 0 Å². The van der Waals surface area contributed by atoms with Crippen molar-refractivity contribution in [1.29, 1.82) is 0 Å². The van der Waals surface area contributed by atoms with Gasteiger partial charge in [-0.2, -0.15) is 0 Å². The molecular weight excluding hydrogens is 226 g/mol. The van der Waals surface area contributed by atoms with E-state index in [9.17, 15) is 4.79 Å². The van der Waals surface area contributed by atoms with Crippen molar-refractivity contribution >= 4 is 22.4 Å². The Morgan fingerprint density at radius 1 is 1.22 bits per heavy atom. The first-order valence-electron chi connectivity index (χ1n) is 6.20. The molecule has 2 atom stereocenters. The smallest absolute Gasteiger partial charge is 0.306 e. The molecule has 0 heterocycles. The summed E-state index contributed by atoms with van der Waals surface area (Å²) in [5.41, 5.74) is 1.09. The van der Waals surface area contributed by atoms with Gasteiger partial charge in [0.15, 0.2) is 0 Å². The van der Waals surface area contributed by atoms with Crippen molar-refractivity contribution < 1.29 is 9.90 Å². The van der Waals surface area contributed by atoms with Crippen molar-refractivity contribution in [2.24, 2.45) is 11.8 Å². The molecule has 0 saturated heterocycles. The van der Waals surface area contributed by atoms with E-state index >= 15 is 0 Å².